The zero-order valence-corrected chi connectivity index (χ0v) is 25.3. The number of imidazole rings is 1. The molecule has 4 aromatic rings. The quantitative estimate of drug-likeness (QED) is 0.176. The Morgan fingerprint density at radius 2 is 2.00 bits per heavy atom. The third-order valence-corrected chi connectivity index (χ3v) is 7.99. The third-order valence-electron chi connectivity index (χ3n) is 7.21. The number of nitrogens with zero attached hydrogens (tertiary/aromatic N) is 5. The second kappa shape index (κ2) is 12.5. The Balaban J connectivity index is 1.42. The molecule has 0 aliphatic carbocycles. The summed E-state index contributed by atoms with van der Waals surface area (Å²) in [5.74, 6) is -1.31. The van der Waals surface area contributed by atoms with E-state index in [0.29, 0.717) is 17.5 Å². The van der Waals surface area contributed by atoms with Crippen molar-refractivity contribution in [2.45, 2.75) is 57.8 Å². The monoisotopic (exact) mass is 628 g/mol. The van der Waals surface area contributed by atoms with Crippen LogP contribution >= 0.6 is 8.17 Å². The summed E-state index contributed by atoms with van der Waals surface area (Å²) in [5, 5.41) is 33.2. The largest absolute Gasteiger partial charge is 0.575 e. The number of hydrogen-bond donors (Lipinski definition) is 4. The SMILES string of the molecule is CCOc1nc(N)nc2c1ncn2C1O[C@H](COc2ccc3ccccc3c2O[P+]([O-])=NC(C(=O)O)C(C)C)[C@@H](O)[C@@]1(C)O. The van der Waals surface area contributed by atoms with Gasteiger partial charge in [-0.2, -0.15) is 9.97 Å². The van der Waals surface area contributed by atoms with E-state index in [-0.39, 0.29) is 35.6 Å². The van der Waals surface area contributed by atoms with E-state index in [1.165, 1.54) is 17.8 Å². The maximum Gasteiger partial charge on any atom is 0.395 e. The second-order valence-electron chi connectivity index (χ2n) is 10.7. The molecule has 1 aliphatic rings. The van der Waals surface area contributed by atoms with Gasteiger partial charge in [-0.25, -0.2) is 9.78 Å². The number of anilines is 1. The molecular formula is C28H33N6O9P. The molecule has 0 spiro atoms. The number of ether oxygens (including phenoxy) is 3. The van der Waals surface area contributed by atoms with Crippen LogP contribution in [-0.4, -0.2) is 77.9 Å². The van der Waals surface area contributed by atoms with E-state index in [1.54, 1.807) is 45.0 Å². The summed E-state index contributed by atoms with van der Waals surface area (Å²) < 4.78 is 28.6. The number of hydrogen-bond acceptors (Lipinski definition) is 13. The van der Waals surface area contributed by atoms with Crippen LogP contribution in [0, 0.1) is 5.92 Å². The van der Waals surface area contributed by atoms with Gasteiger partial charge in [0, 0.05) is 5.39 Å². The van der Waals surface area contributed by atoms with Crippen LogP contribution < -0.4 is 24.6 Å². The molecule has 6 atom stereocenters. The van der Waals surface area contributed by atoms with Gasteiger partial charge in [0.25, 0.3) is 0 Å². The van der Waals surface area contributed by atoms with Crippen molar-refractivity contribution >= 4 is 42.0 Å². The Kier molecular flexibility index (Phi) is 8.86. The Bertz CT molecular complexity index is 1710. The van der Waals surface area contributed by atoms with Gasteiger partial charge in [-0.3, -0.25) is 9.09 Å². The van der Waals surface area contributed by atoms with E-state index in [9.17, 15) is 25.0 Å². The van der Waals surface area contributed by atoms with Crippen molar-refractivity contribution < 1.29 is 43.7 Å². The smallest absolute Gasteiger partial charge is 0.395 e. The first-order valence-electron chi connectivity index (χ1n) is 13.8. The fourth-order valence-electron chi connectivity index (χ4n) is 4.97. The van der Waals surface area contributed by atoms with Gasteiger partial charge in [-0.15, -0.1) is 0 Å². The standard InChI is InChI=1S/C28H33N6O9P/c1-5-40-24-20-23(31-27(29)32-24)34(13-30-20)26-28(4,38)22(35)18(42-26)12-41-17-11-10-15-8-6-7-9-16(15)21(17)43-44(39)33-19(14(2)3)25(36)37/h6-11,13-14,18-19,22,26,35,38H,5,12H2,1-4H3,(H,36,37)(H2,29,31,32)/t18-,19?,22-,26?,28-/m1/s1. The van der Waals surface area contributed by atoms with Crippen LogP contribution in [0.15, 0.2) is 47.5 Å². The van der Waals surface area contributed by atoms with Crippen LogP contribution in [-0.2, 0) is 9.53 Å². The molecule has 5 N–H and O–H groups in total. The van der Waals surface area contributed by atoms with Crippen molar-refractivity contribution in [3.05, 3.63) is 42.7 Å². The van der Waals surface area contributed by atoms with Crippen LogP contribution in [0.4, 0.5) is 5.95 Å². The number of fused-ring (bicyclic) bond motifs is 2. The number of aliphatic hydroxyl groups is 2. The minimum absolute atomic E-state index is 0.0715. The van der Waals surface area contributed by atoms with E-state index in [1.807, 2.05) is 12.1 Å². The third kappa shape index (κ3) is 5.97. The number of carboxylic acids is 1. The molecule has 2 aromatic heterocycles. The number of rotatable bonds is 11. The van der Waals surface area contributed by atoms with E-state index in [4.69, 9.17) is 24.5 Å². The zero-order chi connectivity index (χ0) is 31.8. The first-order valence-corrected chi connectivity index (χ1v) is 15.0. The van der Waals surface area contributed by atoms with E-state index in [0.717, 1.165) is 5.39 Å². The van der Waals surface area contributed by atoms with Crippen molar-refractivity contribution in [2.24, 2.45) is 10.7 Å². The summed E-state index contributed by atoms with van der Waals surface area (Å²) in [6, 6.07) is 9.24. The van der Waals surface area contributed by atoms with Crippen molar-refractivity contribution in [2.75, 3.05) is 18.9 Å². The van der Waals surface area contributed by atoms with Crippen LogP contribution in [0.5, 0.6) is 17.4 Å². The van der Waals surface area contributed by atoms with Gasteiger partial charge in [0.2, 0.25) is 17.6 Å². The van der Waals surface area contributed by atoms with Gasteiger partial charge in [0.1, 0.15) is 24.4 Å². The van der Waals surface area contributed by atoms with Crippen molar-refractivity contribution in [3.8, 4) is 17.4 Å². The lowest BCUT2D eigenvalue weighted by Crippen LogP contribution is -2.44. The molecule has 1 aliphatic heterocycles. The van der Waals surface area contributed by atoms with Gasteiger partial charge in [-0.05, 0) is 31.2 Å². The molecule has 5 rings (SSSR count). The predicted molar refractivity (Wildman–Crippen MR) is 157 cm³/mol. The first-order chi connectivity index (χ1) is 20.9. The molecule has 0 saturated carbocycles. The summed E-state index contributed by atoms with van der Waals surface area (Å²) in [6.07, 6.45) is -2.24. The fourth-order valence-corrected chi connectivity index (χ4v) is 5.93. The minimum atomic E-state index is -2.80. The molecular weight excluding hydrogens is 595 g/mol. The topological polar surface area (TPSA) is 220 Å². The zero-order valence-electron chi connectivity index (χ0n) is 24.4. The lowest BCUT2D eigenvalue weighted by atomic mass is 9.96. The molecule has 0 amide bonds. The number of nitrogen functional groups attached to an aromatic ring is 1. The number of carboxylic acid groups (broad SMARTS) is 1. The highest BCUT2D eigenvalue weighted by molar-refractivity contribution is 7.34. The summed E-state index contributed by atoms with van der Waals surface area (Å²) in [4.78, 5) is 37.1. The fraction of sp³-hybridized carbons (Fsp3) is 0.429. The first kappa shape index (κ1) is 31.3. The highest BCUT2D eigenvalue weighted by atomic mass is 31.1. The lowest BCUT2D eigenvalue weighted by molar-refractivity contribution is -0.169. The Hall–Kier alpha value is -4.14. The molecule has 44 heavy (non-hydrogen) atoms. The summed E-state index contributed by atoms with van der Waals surface area (Å²) in [7, 11) is -2.80. The average molecular weight is 629 g/mol. The van der Waals surface area contributed by atoms with E-state index in [2.05, 4.69) is 19.7 Å². The van der Waals surface area contributed by atoms with Crippen molar-refractivity contribution in [3.63, 3.8) is 0 Å². The number of carbonyl (C=O) groups is 1. The molecule has 2 aromatic carbocycles. The average Bonchev–Trinajstić information content (AvgIpc) is 3.48. The molecule has 1 saturated heterocycles. The van der Waals surface area contributed by atoms with Gasteiger partial charge in [-0.1, -0.05) is 48.9 Å². The molecule has 0 bridgehead atoms. The van der Waals surface area contributed by atoms with Crippen LogP contribution in [0.1, 0.15) is 33.9 Å². The Labute approximate surface area is 252 Å². The molecule has 15 nitrogen and oxygen atoms in total. The maximum absolute atomic E-state index is 12.9. The summed E-state index contributed by atoms with van der Waals surface area (Å²) in [6.45, 7) is 6.55. The maximum atomic E-state index is 12.9. The summed E-state index contributed by atoms with van der Waals surface area (Å²) in [5.41, 5.74) is 4.59. The second-order valence-corrected chi connectivity index (χ2v) is 11.6. The van der Waals surface area contributed by atoms with Crippen LogP contribution in [0.2, 0.25) is 0 Å². The predicted octanol–water partition coefficient (Wildman–Crippen LogP) is 2.39. The van der Waals surface area contributed by atoms with Gasteiger partial charge in [0.15, 0.2) is 29.2 Å². The Morgan fingerprint density at radius 1 is 1.25 bits per heavy atom. The van der Waals surface area contributed by atoms with E-state index >= 15 is 0 Å². The lowest BCUT2D eigenvalue weighted by Gasteiger charge is -2.27. The number of aromatic nitrogens is 4. The number of nitrogens with two attached hydrogens (primary N) is 1. The van der Waals surface area contributed by atoms with E-state index < -0.39 is 50.1 Å². The minimum Gasteiger partial charge on any atom is -0.575 e. The van der Waals surface area contributed by atoms with Crippen LogP contribution in [0.25, 0.3) is 21.9 Å². The Morgan fingerprint density at radius 3 is 2.70 bits per heavy atom. The van der Waals surface area contributed by atoms with Gasteiger partial charge in [0.05, 0.1) is 12.9 Å². The highest BCUT2D eigenvalue weighted by Gasteiger charge is 2.54. The highest BCUT2D eigenvalue weighted by Crippen LogP contribution is 2.43. The van der Waals surface area contributed by atoms with Crippen molar-refractivity contribution in [1.82, 2.24) is 19.5 Å². The number of aliphatic carboxylic acids is 1. The molecule has 1 fully saturated rings. The normalized spacial score (nSPS) is 22.9. The van der Waals surface area contributed by atoms with Gasteiger partial charge >= 0.3 is 14.1 Å². The molecule has 234 valence electrons. The summed E-state index contributed by atoms with van der Waals surface area (Å²) >= 11 is 0. The van der Waals surface area contributed by atoms with Gasteiger partial charge < -0.3 is 40.2 Å². The molecule has 0 radical (unpaired) electrons. The number of benzene rings is 2. The molecule has 16 heteroatoms. The van der Waals surface area contributed by atoms with Crippen molar-refractivity contribution in [1.29, 1.82) is 0 Å². The molecule has 3 unspecified atom stereocenters. The van der Waals surface area contributed by atoms with Crippen LogP contribution in [0.3, 0.4) is 0 Å². The number of aliphatic hydroxyl groups excluding tert-OH is 1. The molecule has 3 heterocycles.